The van der Waals surface area contributed by atoms with Gasteiger partial charge in [-0.3, -0.25) is 0 Å². The summed E-state index contributed by atoms with van der Waals surface area (Å²) in [5.41, 5.74) is 5.03. The molecule has 52 heavy (non-hydrogen) atoms. The lowest BCUT2D eigenvalue weighted by molar-refractivity contribution is 0.343. The summed E-state index contributed by atoms with van der Waals surface area (Å²) in [5, 5.41) is 0. The Morgan fingerprint density at radius 3 is 1.27 bits per heavy atom. The van der Waals surface area contributed by atoms with Crippen LogP contribution in [-0.2, 0) is 0 Å². The zero-order valence-corrected chi connectivity index (χ0v) is 38.0. The summed E-state index contributed by atoms with van der Waals surface area (Å²) in [4.78, 5) is 2.31. The van der Waals surface area contributed by atoms with Gasteiger partial charge in [-0.05, 0) is 107 Å². The predicted molar refractivity (Wildman–Crippen MR) is 241 cm³/mol. The second-order valence-electron chi connectivity index (χ2n) is 19.6. The molecule has 2 unspecified atom stereocenters. The summed E-state index contributed by atoms with van der Waals surface area (Å²) in [5.74, 6) is 2.55. The summed E-state index contributed by atoms with van der Waals surface area (Å²) in [6, 6.07) is 0. The van der Waals surface area contributed by atoms with Gasteiger partial charge in [-0.1, -0.05) is 220 Å². The third kappa shape index (κ3) is 28.6. The standard InChI is InChI=1S/C51H99N/c1-14-16-18-22-31-44(3)33-28-36-47(6)50(8,9)40-26-20-24-38-49(43-46(5)35-30-42-52(12)13)39-25-21-27-41-51(10,11)48(7)37-29-34-45(4)32-23-19-17-15-2/h44-45,49H,5-7,14-43H2,1-4,8-13H3. The first-order valence-corrected chi connectivity index (χ1v) is 23.3. The fraction of sp³-hybridized carbons (Fsp3) is 0.882. The zero-order valence-electron chi connectivity index (χ0n) is 38.0. The Hall–Kier alpha value is -0.820. The van der Waals surface area contributed by atoms with Crippen molar-refractivity contribution < 1.29 is 0 Å². The topological polar surface area (TPSA) is 3.24 Å². The maximum Gasteiger partial charge on any atom is -0.00218 e. The largest absolute Gasteiger partial charge is 0.309 e. The fourth-order valence-electron chi connectivity index (χ4n) is 8.34. The van der Waals surface area contributed by atoms with E-state index in [1.807, 2.05) is 0 Å². The molecule has 308 valence electrons. The highest BCUT2D eigenvalue weighted by atomic mass is 15.0. The lowest BCUT2D eigenvalue weighted by Gasteiger charge is -2.28. The summed E-state index contributed by atoms with van der Waals surface area (Å²) in [7, 11) is 4.37. The molecule has 0 bridgehead atoms. The minimum absolute atomic E-state index is 0.274. The van der Waals surface area contributed by atoms with Crippen molar-refractivity contribution in [3.63, 3.8) is 0 Å². The molecule has 0 fully saturated rings. The van der Waals surface area contributed by atoms with Crippen LogP contribution in [0.4, 0.5) is 0 Å². The van der Waals surface area contributed by atoms with Gasteiger partial charge >= 0.3 is 0 Å². The lowest BCUT2D eigenvalue weighted by atomic mass is 9.77. The van der Waals surface area contributed by atoms with Crippen molar-refractivity contribution in [1.82, 2.24) is 4.90 Å². The van der Waals surface area contributed by atoms with E-state index in [2.05, 4.69) is 94.1 Å². The molecule has 1 heteroatoms. The molecule has 0 aliphatic carbocycles. The van der Waals surface area contributed by atoms with Gasteiger partial charge in [0.15, 0.2) is 0 Å². The Labute approximate surface area is 331 Å². The van der Waals surface area contributed by atoms with Crippen molar-refractivity contribution in [1.29, 1.82) is 0 Å². The molecule has 0 spiro atoms. The molecule has 0 aliphatic heterocycles. The molecule has 0 aromatic heterocycles. The molecule has 0 saturated heterocycles. The second-order valence-corrected chi connectivity index (χ2v) is 19.6. The molecule has 0 amide bonds. The van der Waals surface area contributed by atoms with Gasteiger partial charge in [0.1, 0.15) is 0 Å². The van der Waals surface area contributed by atoms with Gasteiger partial charge in [0, 0.05) is 0 Å². The molecule has 0 rings (SSSR count). The molecule has 0 aliphatic rings. The van der Waals surface area contributed by atoms with Gasteiger partial charge in [-0.15, -0.1) is 0 Å². The van der Waals surface area contributed by atoms with E-state index < -0.39 is 0 Å². The molecule has 0 heterocycles. The van der Waals surface area contributed by atoms with E-state index >= 15 is 0 Å². The number of allylic oxidation sites excluding steroid dienone is 3. The first kappa shape index (κ1) is 51.2. The maximum absolute atomic E-state index is 4.59. The molecule has 0 saturated carbocycles. The third-order valence-electron chi connectivity index (χ3n) is 12.9. The number of rotatable bonds is 38. The zero-order chi connectivity index (χ0) is 39.3. The van der Waals surface area contributed by atoms with Crippen molar-refractivity contribution in [2.45, 2.75) is 242 Å². The SMILES string of the molecule is C=C(CCCN(C)C)CC(CCCCCC(C)(C)C(=C)CCCC(C)CCCCCC)CCCCCC(C)(C)C(=C)CCCC(C)CCCCCC. The number of unbranched alkanes of at least 4 members (excludes halogenated alkanes) is 10. The first-order valence-electron chi connectivity index (χ1n) is 23.3. The summed E-state index contributed by atoms with van der Waals surface area (Å²) >= 11 is 0. The normalized spacial score (nSPS) is 14.1. The lowest BCUT2D eigenvalue weighted by Crippen LogP contribution is -2.15. The van der Waals surface area contributed by atoms with Gasteiger partial charge in [0.05, 0.1) is 0 Å². The molecule has 1 nitrogen and oxygen atoms in total. The van der Waals surface area contributed by atoms with Gasteiger partial charge < -0.3 is 4.90 Å². The minimum atomic E-state index is 0.274. The minimum Gasteiger partial charge on any atom is -0.309 e. The Morgan fingerprint density at radius 1 is 0.481 bits per heavy atom. The number of hydrogen-bond acceptors (Lipinski definition) is 1. The van der Waals surface area contributed by atoms with Crippen LogP contribution in [0.1, 0.15) is 242 Å². The van der Waals surface area contributed by atoms with Gasteiger partial charge in [-0.25, -0.2) is 0 Å². The van der Waals surface area contributed by atoms with E-state index in [9.17, 15) is 0 Å². The molecule has 2 atom stereocenters. The Bertz CT molecular complexity index is 816. The third-order valence-corrected chi connectivity index (χ3v) is 12.9. The van der Waals surface area contributed by atoms with E-state index in [0.717, 1.165) is 17.8 Å². The Balaban J connectivity index is 4.62. The second kappa shape index (κ2) is 31.4. The summed E-state index contributed by atoms with van der Waals surface area (Å²) in [6.45, 7) is 34.3. The van der Waals surface area contributed by atoms with Crippen LogP contribution >= 0.6 is 0 Å². The highest BCUT2D eigenvalue weighted by Crippen LogP contribution is 2.37. The van der Waals surface area contributed by atoms with Crippen LogP contribution in [0.2, 0.25) is 0 Å². The van der Waals surface area contributed by atoms with Crippen molar-refractivity contribution >= 4 is 0 Å². The van der Waals surface area contributed by atoms with Crippen LogP contribution in [0.5, 0.6) is 0 Å². The summed E-state index contributed by atoms with van der Waals surface area (Å²) < 4.78 is 0. The van der Waals surface area contributed by atoms with E-state index in [0.29, 0.717) is 0 Å². The average molecular weight is 726 g/mol. The molecule has 0 radical (unpaired) electrons. The van der Waals surface area contributed by atoms with Crippen molar-refractivity contribution in [3.8, 4) is 0 Å². The van der Waals surface area contributed by atoms with Crippen LogP contribution in [0.25, 0.3) is 0 Å². The molecule has 0 N–H and O–H groups in total. The highest BCUT2D eigenvalue weighted by Gasteiger charge is 2.22. The van der Waals surface area contributed by atoms with Crippen LogP contribution in [0, 0.1) is 28.6 Å². The first-order chi connectivity index (χ1) is 24.6. The van der Waals surface area contributed by atoms with E-state index in [1.54, 1.807) is 0 Å². The van der Waals surface area contributed by atoms with Crippen molar-refractivity contribution in [2.75, 3.05) is 20.6 Å². The van der Waals surface area contributed by atoms with Gasteiger partial charge in [0.2, 0.25) is 0 Å². The number of nitrogens with zero attached hydrogens (tertiary/aromatic N) is 1. The van der Waals surface area contributed by atoms with Crippen molar-refractivity contribution in [3.05, 3.63) is 36.5 Å². The number of hydrogen-bond donors (Lipinski definition) is 0. The molecule has 0 aromatic carbocycles. The van der Waals surface area contributed by atoms with E-state index in [-0.39, 0.29) is 10.8 Å². The van der Waals surface area contributed by atoms with Gasteiger partial charge in [0.25, 0.3) is 0 Å². The highest BCUT2D eigenvalue weighted by molar-refractivity contribution is 5.07. The molecular weight excluding hydrogens is 627 g/mol. The molecular formula is C51H99N. The monoisotopic (exact) mass is 726 g/mol. The van der Waals surface area contributed by atoms with E-state index in [4.69, 9.17) is 0 Å². The fourth-order valence-corrected chi connectivity index (χ4v) is 8.34. The van der Waals surface area contributed by atoms with Crippen LogP contribution in [0.3, 0.4) is 0 Å². The molecule has 0 aromatic rings. The average Bonchev–Trinajstić information content (AvgIpc) is 3.07. The van der Waals surface area contributed by atoms with Crippen LogP contribution < -0.4 is 0 Å². The van der Waals surface area contributed by atoms with Gasteiger partial charge in [-0.2, -0.15) is 0 Å². The Kier molecular flexibility index (Phi) is 30.9. The van der Waals surface area contributed by atoms with Crippen LogP contribution in [0.15, 0.2) is 36.5 Å². The Morgan fingerprint density at radius 2 is 0.865 bits per heavy atom. The van der Waals surface area contributed by atoms with Crippen molar-refractivity contribution in [2.24, 2.45) is 28.6 Å². The smallest absolute Gasteiger partial charge is 0.00218 e. The van der Waals surface area contributed by atoms with E-state index in [1.165, 1.54) is 209 Å². The van der Waals surface area contributed by atoms with Crippen LogP contribution in [-0.4, -0.2) is 25.5 Å². The summed E-state index contributed by atoms with van der Waals surface area (Å²) in [6.07, 6.45) is 39.0. The predicted octanol–water partition coefficient (Wildman–Crippen LogP) is 17.5. The quantitative estimate of drug-likeness (QED) is 0.0452. The maximum atomic E-state index is 4.59.